The van der Waals surface area contributed by atoms with Crippen molar-refractivity contribution in [2.45, 2.75) is 64.2 Å². The molecule has 0 aromatic heterocycles. The summed E-state index contributed by atoms with van der Waals surface area (Å²) in [7, 11) is 0. The van der Waals surface area contributed by atoms with Crippen LogP contribution in [0.3, 0.4) is 0 Å². The SMILES string of the molecule is NCCCCCCCCCCCC=Cc1ccccc1O. The lowest BCUT2D eigenvalue weighted by atomic mass is 10.1. The zero-order valence-electron chi connectivity index (χ0n) is 13.3. The lowest BCUT2D eigenvalue weighted by Gasteiger charge is -2.01. The number of aromatic hydroxyl groups is 1. The van der Waals surface area contributed by atoms with Gasteiger partial charge in [0, 0.05) is 5.56 Å². The van der Waals surface area contributed by atoms with Crippen LogP contribution in [-0.2, 0) is 0 Å². The second-order valence-electron chi connectivity index (χ2n) is 5.72. The van der Waals surface area contributed by atoms with Crippen LogP contribution in [0.2, 0.25) is 0 Å². The summed E-state index contributed by atoms with van der Waals surface area (Å²) in [5, 5.41) is 9.63. The third-order valence-electron chi connectivity index (χ3n) is 3.81. The van der Waals surface area contributed by atoms with E-state index < -0.39 is 0 Å². The number of para-hydroxylation sites is 1. The van der Waals surface area contributed by atoms with Gasteiger partial charge in [0.1, 0.15) is 5.75 Å². The number of allylic oxidation sites excluding steroid dienone is 1. The van der Waals surface area contributed by atoms with Gasteiger partial charge in [0.2, 0.25) is 0 Å². The second kappa shape index (κ2) is 12.5. The van der Waals surface area contributed by atoms with Crippen molar-refractivity contribution in [3.05, 3.63) is 35.9 Å². The standard InChI is InChI=1S/C19H31NO/c20-17-13-9-7-5-3-1-2-4-6-8-10-14-18-15-11-12-16-19(18)21/h10-12,14-16,21H,1-9,13,17,20H2. The molecule has 0 fully saturated rings. The van der Waals surface area contributed by atoms with E-state index in [1.165, 1.54) is 57.8 Å². The summed E-state index contributed by atoms with van der Waals surface area (Å²) in [4.78, 5) is 0. The van der Waals surface area contributed by atoms with Gasteiger partial charge in [-0.15, -0.1) is 0 Å². The van der Waals surface area contributed by atoms with Crippen LogP contribution in [0.1, 0.15) is 69.8 Å². The van der Waals surface area contributed by atoms with Gasteiger partial charge in [-0.3, -0.25) is 0 Å². The molecule has 0 aliphatic heterocycles. The van der Waals surface area contributed by atoms with E-state index in [4.69, 9.17) is 5.73 Å². The Morgan fingerprint density at radius 2 is 1.38 bits per heavy atom. The summed E-state index contributed by atoms with van der Waals surface area (Å²) in [6, 6.07) is 7.47. The van der Waals surface area contributed by atoms with E-state index in [9.17, 15) is 5.11 Å². The summed E-state index contributed by atoms with van der Waals surface area (Å²) >= 11 is 0. The Morgan fingerprint density at radius 1 is 0.810 bits per heavy atom. The molecule has 0 amide bonds. The Kier molecular flexibility index (Phi) is 10.5. The quantitative estimate of drug-likeness (QED) is 0.515. The van der Waals surface area contributed by atoms with Gasteiger partial charge in [-0.25, -0.2) is 0 Å². The van der Waals surface area contributed by atoms with Crippen LogP contribution < -0.4 is 5.73 Å². The number of nitrogens with two attached hydrogens (primary N) is 1. The second-order valence-corrected chi connectivity index (χ2v) is 5.72. The van der Waals surface area contributed by atoms with Crippen molar-refractivity contribution < 1.29 is 5.11 Å². The number of benzene rings is 1. The maximum absolute atomic E-state index is 9.63. The van der Waals surface area contributed by atoms with Crippen molar-refractivity contribution >= 4 is 6.08 Å². The van der Waals surface area contributed by atoms with Crippen molar-refractivity contribution in [2.75, 3.05) is 6.54 Å². The van der Waals surface area contributed by atoms with Crippen molar-refractivity contribution in [3.63, 3.8) is 0 Å². The number of rotatable bonds is 12. The fourth-order valence-corrected chi connectivity index (χ4v) is 2.48. The highest BCUT2D eigenvalue weighted by Crippen LogP contribution is 2.17. The van der Waals surface area contributed by atoms with Gasteiger partial charge in [-0.2, -0.15) is 0 Å². The van der Waals surface area contributed by atoms with Gasteiger partial charge < -0.3 is 10.8 Å². The minimum atomic E-state index is 0.364. The van der Waals surface area contributed by atoms with E-state index in [0.29, 0.717) is 5.75 Å². The van der Waals surface area contributed by atoms with Crippen molar-refractivity contribution in [1.29, 1.82) is 0 Å². The molecule has 0 unspecified atom stereocenters. The number of hydrogen-bond acceptors (Lipinski definition) is 2. The molecular weight excluding hydrogens is 258 g/mol. The minimum Gasteiger partial charge on any atom is -0.507 e. The molecule has 0 bridgehead atoms. The molecule has 0 atom stereocenters. The Balaban J connectivity index is 1.92. The van der Waals surface area contributed by atoms with E-state index in [2.05, 4.69) is 6.08 Å². The highest BCUT2D eigenvalue weighted by molar-refractivity contribution is 5.56. The zero-order chi connectivity index (χ0) is 15.2. The smallest absolute Gasteiger partial charge is 0.122 e. The first-order chi connectivity index (χ1) is 10.3. The molecule has 3 N–H and O–H groups in total. The molecule has 2 nitrogen and oxygen atoms in total. The van der Waals surface area contributed by atoms with E-state index in [1.54, 1.807) is 6.07 Å². The topological polar surface area (TPSA) is 46.2 Å². The lowest BCUT2D eigenvalue weighted by molar-refractivity contribution is 0.474. The zero-order valence-corrected chi connectivity index (χ0v) is 13.3. The lowest BCUT2D eigenvalue weighted by Crippen LogP contribution is -1.97. The normalized spacial score (nSPS) is 11.3. The van der Waals surface area contributed by atoms with Crippen molar-refractivity contribution in [1.82, 2.24) is 0 Å². The minimum absolute atomic E-state index is 0.364. The van der Waals surface area contributed by atoms with Crippen LogP contribution >= 0.6 is 0 Å². The monoisotopic (exact) mass is 289 g/mol. The number of phenols is 1. The molecule has 0 aliphatic carbocycles. The molecule has 2 heteroatoms. The van der Waals surface area contributed by atoms with Gasteiger partial charge in [-0.05, 0) is 31.9 Å². The van der Waals surface area contributed by atoms with Crippen LogP contribution in [0.4, 0.5) is 0 Å². The highest BCUT2D eigenvalue weighted by atomic mass is 16.3. The molecule has 1 aromatic carbocycles. The Labute approximate surface area is 130 Å². The van der Waals surface area contributed by atoms with Crippen molar-refractivity contribution in [3.8, 4) is 5.75 Å². The third-order valence-corrected chi connectivity index (χ3v) is 3.81. The summed E-state index contributed by atoms with van der Waals surface area (Å²) in [6.45, 7) is 0.842. The molecule has 0 spiro atoms. The largest absolute Gasteiger partial charge is 0.507 e. The fourth-order valence-electron chi connectivity index (χ4n) is 2.48. The van der Waals surface area contributed by atoms with Crippen molar-refractivity contribution in [2.24, 2.45) is 5.73 Å². The molecular formula is C19H31NO. The number of phenolic OH excluding ortho intramolecular Hbond substituents is 1. The van der Waals surface area contributed by atoms with Crippen LogP contribution in [-0.4, -0.2) is 11.7 Å². The molecule has 118 valence electrons. The Bertz CT molecular complexity index is 387. The van der Waals surface area contributed by atoms with E-state index in [0.717, 1.165) is 18.5 Å². The van der Waals surface area contributed by atoms with E-state index >= 15 is 0 Å². The maximum atomic E-state index is 9.63. The average Bonchev–Trinajstić information content (AvgIpc) is 2.50. The maximum Gasteiger partial charge on any atom is 0.122 e. The van der Waals surface area contributed by atoms with Crippen LogP contribution in [0, 0.1) is 0 Å². The molecule has 0 saturated heterocycles. The predicted octanol–water partition coefficient (Wildman–Crippen LogP) is 5.27. The summed E-state index contributed by atoms with van der Waals surface area (Å²) in [6.07, 6.45) is 17.1. The molecule has 1 aromatic rings. The highest BCUT2D eigenvalue weighted by Gasteiger charge is 1.94. The summed E-state index contributed by atoms with van der Waals surface area (Å²) in [5.41, 5.74) is 6.39. The van der Waals surface area contributed by atoms with Crippen LogP contribution in [0.5, 0.6) is 5.75 Å². The van der Waals surface area contributed by atoms with E-state index in [-0.39, 0.29) is 0 Å². The van der Waals surface area contributed by atoms with Gasteiger partial charge in [0.15, 0.2) is 0 Å². The van der Waals surface area contributed by atoms with Gasteiger partial charge in [0.05, 0.1) is 0 Å². The molecule has 1 rings (SSSR count). The van der Waals surface area contributed by atoms with Crippen LogP contribution in [0.15, 0.2) is 30.3 Å². The van der Waals surface area contributed by atoms with Gasteiger partial charge in [0.25, 0.3) is 0 Å². The molecule has 21 heavy (non-hydrogen) atoms. The first-order valence-electron chi connectivity index (χ1n) is 8.49. The average molecular weight is 289 g/mol. The molecule has 0 aliphatic rings. The molecule has 0 radical (unpaired) electrons. The molecule has 0 heterocycles. The predicted molar refractivity (Wildman–Crippen MR) is 92.4 cm³/mol. The fraction of sp³-hybridized carbons (Fsp3) is 0.579. The Hall–Kier alpha value is -1.28. The van der Waals surface area contributed by atoms with E-state index in [1.807, 2.05) is 24.3 Å². The first-order valence-corrected chi connectivity index (χ1v) is 8.49. The third kappa shape index (κ3) is 9.30. The van der Waals surface area contributed by atoms with Crippen LogP contribution in [0.25, 0.3) is 6.08 Å². The number of unbranched alkanes of at least 4 members (excludes halogenated alkanes) is 9. The summed E-state index contributed by atoms with van der Waals surface area (Å²) < 4.78 is 0. The Morgan fingerprint density at radius 3 is 2.00 bits per heavy atom. The van der Waals surface area contributed by atoms with Gasteiger partial charge in [-0.1, -0.05) is 75.3 Å². The first kappa shape index (κ1) is 17.8. The molecule has 0 saturated carbocycles. The summed E-state index contributed by atoms with van der Waals surface area (Å²) in [5.74, 6) is 0.364. The van der Waals surface area contributed by atoms with Gasteiger partial charge >= 0.3 is 0 Å². The number of hydrogen-bond donors (Lipinski definition) is 2.